The first kappa shape index (κ1) is 17.1. The average Bonchev–Trinajstić information content (AvgIpc) is 3.18. The molecule has 2 aliphatic rings. The van der Waals surface area contributed by atoms with E-state index in [0.29, 0.717) is 24.5 Å². The van der Waals surface area contributed by atoms with Crippen LogP contribution in [0, 0.1) is 0 Å². The normalized spacial score (nSPS) is 23.9. The Morgan fingerprint density at radius 1 is 1.45 bits per heavy atom. The first-order valence-corrected chi connectivity index (χ1v) is 8.60. The lowest BCUT2D eigenvalue weighted by Crippen LogP contribution is -2.43. The minimum Gasteiger partial charge on any atom is -0.376 e. The third-order valence-corrected chi connectivity index (χ3v) is 4.54. The van der Waals surface area contributed by atoms with E-state index >= 15 is 0 Å². The Kier molecular flexibility index (Phi) is 6.96. The number of amides is 1. The Bertz CT molecular complexity index is 380. The van der Waals surface area contributed by atoms with Crippen LogP contribution in [-0.4, -0.2) is 62.2 Å². The van der Waals surface area contributed by atoms with Gasteiger partial charge in [0, 0.05) is 45.8 Å². The van der Waals surface area contributed by atoms with E-state index in [2.05, 4.69) is 22.5 Å². The van der Waals surface area contributed by atoms with Crippen LogP contribution in [0.2, 0.25) is 0 Å². The minimum atomic E-state index is 0.309. The van der Waals surface area contributed by atoms with E-state index in [1.165, 1.54) is 0 Å². The number of carbonyl (C=O) groups is 1. The van der Waals surface area contributed by atoms with E-state index in [-0.39, 0.29) is 0 Å². The molecule has 2 atom stereocenters. The molecule has 2 unspecified atom stereocenters. The fourth-order valence-corrected chi connectivity index (χ4v) is 3.23. The average molecular weight is 310 g/mol. The van der Waals surface area contributed by atoms with Crippen LogP contribution in [0.3, 0.4) is 0 Å². The van der Waals surface area contributed by atoms with E-state index in [1.54, 1.807) is 7.05 Å². The maximum absolute atomic E-state index is 11.8. The highest BCUT2D eigenvalue weighted by atomic mass is 16.5. The predicted molar refractivity (Wildman–Crippen MR) is 88.0 cm³/mol. The lowest BCUT2D eigenvalue weighted by molar-refractivity contribution is -0.129. The SMILES string of the molecule is CCC(CCNC(=NC)NCC1CCCO1)N1CCCC1=O. The summed E-state index contributed by atoms with van der Waals surface area (Å²) in [5.74, 6) is 1.13. The van der Waals surface area contributed by atoms with Crippen molar-refractivity contribution in [1.82, 2.24) is 15.5 Å². The van der Waals surface area contributed by atoms with Crippen LogP contribution in [0.1, 0.15) is 45.4 Å². The fourth-order valence-electron chi connectivity index (χ4n) is 3.23. The molecule has 0 aliphatic carbocycles. The molecule has 2 fully saturated rings. The minimum absolute atomic E-state index is 0.309. The van der Waals surface area contributed by atoms with Gasteiger partial charge in [0.2, 0.25) is 5.91 Å². The van der Waals surface area contributed by atoms with Crippen molar-refractivity contribution in [3.05, 3.63) is 0 Å². The van der Waals surface area contributed by atoms with Crippen molar-refractivity contribution in [2.75, 3.05) is 33.3 Å². The molecule has 0 spiro atoms. The number of hydrogen-bond donors (Lipinski definition) is 2. The van der Waals surface area contributed by atoms with Gasteiger partial charge in [-0.05, 0) is 32.1 Å². The zero-order chi connectivity index (χ0) is 15.8. The van der Waals surface area contributed by atoms with Crippen molar-refractivity contribution >= 4 is 11.9 Å². The standard InChI is InChI=1S/C16H30N4O2/c1-3-13(20-10-4-7-15(20)21)8-9-18-16(17-2)19-12-14-6-5-11-22-14/h13-14H,3-12H2,1-2H3,(H2,17,18,19). The highest BCUT2D eigenvalue weighted by molar-refractivity contribution is 5.79. The molecule has 2 heterocycles. The van der Waals surface area contributed by atoms with Gasteiger partial charge in [0.1, 0.15) is 0 Å². The number of nitrogens with zero attached hydrogens (tertiary/aromatic N) is 2. The summed E-state index contributed by atoms with van der Waals surface area (Å²) in [6.45, 7) is 5.58. The van der Waals surface area contributed by atoms with Gasteiger partial charge in [0.15, 0.2) is 5.96 Å². The van der Waals surface area contributed by atoms with Gasteiger partial charge < -0.3 is 20.3 Å². The summed E-state index contributed by atoms with van der Waals surface area (Å²) in [4.78, 5) is 18.1. The molecule has 126 valence electrons. The Labute approximate surface area is 133 Å². The molecule has 0 saturated carbocycles. The second-order valence-corrected chi connectivity index (χ2v) is 6.06. The van der Waals surface area contributed by atoms with Gasteiger partial charge in [-0.1, -0.05) is 6.92 Å². The number of rotatable bonds is 7. The molecule has 0 aromatic heterocycles. The van der Waals surface area contributed by atoms with Crippen LogP contribution >= 0.6 is 0 Å². The van der Waals surface area contributed by atoms with E-state index in [4.69, 9.17) is 4.74 Å². The molecule has 2 N–H and O–H groups in total. The molecule has 2 aliphatic heterocycles. The molecule has 0 radical (unpaired) electrons. The molecule has 6 nitrogen and oxygen atoms in total. The van der Waals surface area contributed by atoms with Gasteiger partial charge >= 0.3 is 0 Å². The highest BCUT2D eigenvalue weighted by Crippen LogP contribution is 2.17. The Hall–Kier alpha value is -1.30. The third-order valence-electron chi connectivity index (χ3n) is 4.54. The fraction of sp³-hybridized carbons (Fsp3) is 0.875. The van der Waals surface area contributed by atoms with Crippen LogP contribution in [0.5, 0.6) is 0 Å². The monoisotopic (exact) mass is 310 g/mol. The summed E-state index contributed by atoms with van der Waals surface area (Å²) in [6.07, 6.45) is 6.28. The van der Waals surface area contributed by atoms with Crippen molar-refractivity contribution in [3.63, 3.8) is 0 Å². The third kappa shape index (κ3) is 4.87. The largest absolute Gasteiger partial charge is 0.376 e. The van der Waals surface area contributed by atoms with E-state index in [0.717, 1.165) is 64.3 Å². The number of ether oxygens (including phenoxy) is 1. The van der Waals surface area contributed by atoms with E-state index < -0.39 is 0 Å². The van der Waals surface area contributed by atoms with Crippen LogP contribution < -0.4 is 10.6 Å². The number of likely N-dealkylation sites (tertiary alicyclic amines) is 1. The number of aliphatic imine (C=N–C) groups is 1. The Morgan fingerprint density at radius 3 is 2.91 bits per heavy atom. The van der Waals surface area contributed by atoms with Crippen LogP contribution in [0.25, 0.3) is 0 Å². The van der Waals surface area contributed by atoms with Crippen molar-refractivity contribution in [1.29, 1.82) is 0 Å². The molecule has 2 rings (SSSR count). The molecule has 0 bridgehead atoms. The lowest BCUT2D eigenvalue weighted by atomic mass is 10.1. The Balaban J connectivity index is 1.67. The van der Waals surface area contributed by atoms with Gasteiger partial charge in [-0.3, -0.25) is 9.79 Å². The summed E-state index contributed by atoms with van der Waals surface area (Å²) >= 11 is 0. The van der Waals surface area contributed by atoms with Crippen molar-refractivity contribution in [3.8, 4) is 0 Å². The summed E-state index contributed by atoms with van der Waals surface area (Å²) in [5, 5.41) is 6.66. The van der Waals surface area contributed by atoms with Gasteiger partial charge in [-0.2, -0.15) is 0 Å². The van der Waals surface area contributed by atoms with E-state index in [1.807, 2.05) is 4.90 Å². The zero-order valence-corrected chi connectivity index (χ0v) is 13.9. The van der Waals surface area contributed by atoms with Crippen LogP contribution in [0.4, 0.5) is 0 Å². The smallest absolute Gasteiger partial charge is 0.222 e. The maximum Gasteiger partial charge on any atom is 0.222 e. The number of hydrogen-bond acceptors (Lipinski definition) is 3. The maximum atomic E-state index is 11.8. The molecular weight excluding hydrogens is 280 g/mol. The highest BCUT2D eigenvalue weighted by Gasteiger charge is 2.26. The topological polar surface area (TPSA) is 66.0 Å². The molecule has 0 aromatic carbocycles. The Morgan fingerprint density at radius 2 is 2.32 bits per heavy atom. The molecule has 6 heteroatoms. The molecular formula is C16H30N4O2. The first-order chi connectivity index (χ1) is 10.7. The van der Waals surface area contributed by atoms with Crippen LogP contribution in [0.15, 0.2) is 4.99 Å². The quantitative estimate of drug-likeness (QED) is 0.546. The van der Waals surface area contributed by atoms with Crippen LogP contribution in [-0.2, 0) is 9.53 Å². The summed E-state index contributed by atoms with van der Waals surface area (Å²) in [7, 11) is 1.78. The number of guanidine groups is 1. The van der Waals surface area contributed by atoms with Crippen molar-refractivity contribution in [2.24, 2.45) is 4.99 Å². The van der Waals surface area contributed by atoms with Gasteiger partial charge in [0.05, 0.1) is 6.10 Å². The predicted octanol–water partition coefficient (Wildman–Crippen LogP) is 1.12. The lowest BCUT2D eigenvalue weighted by Gasteiger charge is -2.27. The number of nitrogens with one attached hydrogen (secondary N) is 2. The first-order valence-electron chi connectivity index (χ1n) is 8.60. The van der Waals surface area contributed by atoms with Gasteiger partial charge in [-0.25, -0.2) is 0 Å². The second kappa shape index (κ2) is 8.98. The summed E-state index contributed by atoms with van der Waals surface area (Å²) < 4.78 is 5.60. The summed E-state index contributed by atoms with van der Waals surface area (Å²) in [6, 6.07) is 0.346. The zero-order valence-electron chi connectivity index (χ0n) is 13.9. The second-order valence-electron chi connectivity index (χ2n) is 6.06. The summed E-state index contributed by atoms with van der Waals surface area (Å²) in [5.41, 5.74) is 0. The van der Waals surface area contributed by atoms with E-state index in [9.17, 15) is 4.79 Å². The molecule has 2 saturated heterocycles. The van der Waals surface area contributed by atoms with Gasteiger partial charge in [0.25, 0.3) is 0 Å². The van der Waals surface area contributed by atoms with Crippen molar-refractivity contribution < 1.29 is 9.53 Å². The van der Waals surface area contributed by atoms with Gasteiger partial charge in [-0.15, -0.1) is 0 Å². The molecule has 1 amide bonds. The van der Waals surface area contributed by atoms with Crippen molar-refractivity contribution in [2.45, 2.75) is 57.6 Å². The molecule has 22 heavy (non-hydrogen) atoms. The number of carbonyl (C=O) groups excluding carboxylic acids is 1. The molecule has 0 aromatic rings.